The first kappa shape index (κ1) is 15.8. The van der Waals surface area contributed by atoms with Gasteiger partial charge in [0, 0.05) is 23.6 Å². The summed E-state index contributed by atoms with van der Waals surface area (Å²) in [5, 5.41) is 0.685. The molecule has 1 aliphatic rings. The van der Waals surface area contributed by atoms with Crippen molar-refractivity contribution in [2.75, 3.05) is 7.11 Å². The summed E-state index contributed by atoms with van der Waals surface area (Å²) in [7, 11) is 1.65. The first-order chi connectivity index (χ1) is 11.1. The monoisotopic (exact) mass is 327 g/mol. The van der Waals surface area contributed by atoms with Crippen molar-refractivity contribution < 1.29 is 9.53 Å². The van der Waals surface area contributed by atoms with Crippen LogP contribution in [0.25, 0.3) is 0 Å². The molecule has 1 atom stereocenters. The van der Waals surface area contributed by atoms with E-state index in [9.17, 15) is 4.79 Å². The zero-order valence-electron chi connectivity index (χ0n) is 13.0. The number of carbonyl (C=O) groups is 1. The molecule has 4 heteroatoms. The van der Waals surface area contributed by atoms with E-state index in [0.717, 1.165) is 29.1 Å². The lowest BCUT2D eigenvalue weighted by atomic mass is 9.82. The van der Waals surface area contributed by atoms with Gasteiger partial charge in [-0.15, -0.1) is 0 Å². The lowest BCUT2D eigenvalue weighted by molar-refractivity contribution is -0.118. The second-order valence-electron chi connectivity index (χ2n) is 5.75. The number of halogens is 1. The zero-order chi connectivity index (χ0) is 16.2. The highest BCUT2D eigenvalue weighted by Crippen LogP contribution is 2.32. The summed E-state index contributed by atoms with van der Waals surface area (Å²) in [6.45, 7) is 0. The number of ketones is 1. The SMILES string of the molecule is COc1ccc(C2CC(=O)CC(=Nc3ccc(Cl)cc3)C2)cc1. The molecule has 3 nitrogen and oxygen atoms in total. The fourth-order valence-corrected chi connectivity index (χ4v) is 3.02. The first-order valence-corrected chi connectivity index (χ1v) is 7.99. The third-order valence-corrected chi connectivity index (χ3v) is 4.31. The van der Waals surface area contributed by atoms with Gasteiger partial charge in [0.15, 0.2) is 0 Å². The van der Waals surface area contributed by atoms with Crippen LogP contribution in [0, 0.1) is 0 Å². The Morgan fingerprint density at radius 2 is 1.74 bits per heavy atom. The third kappa shape index (κ3) is 3.99. The summed E-state index contributed by atoms with van der Waals surface area (Å²) in [5.41, 5.74) is 2.93. The van der Waals surface area contributed by atoms with Crippen LogP contribution in [0.5, 0.6) is 5.75 Å². The molecule has 0 bridgehead atoms. The van der Waals surface area contributed by atoms with E-state index in [1.807, 2.05) is 48.5 Å². The van der Waals surface area contributed by atoms with Crippen molar-refractivity contribution in [1.29, 1.82) is 0 Å². The van der Waals surface area contributed by atoms with Crippen molar-refractivity contribution in [3.8, 4) is 5.75 Å². The number of Topliss-reactive ketones (excluding diaryl/α,β-unsaturated/α-hetero) is 1. The minimum absolute atomic E-state index is 0.188. The Hall–Kier alpha value is -2.13. The summed E-state index contributed by atoms with van der Waals surface area (Å²) in [6.07, 6.45) is 1.82. The smallest absolute Gasteiger partial charge is 0.139 e. The highest BCUT2D eigenvalue weighted by atomic mass is 35.5. The molecule has 0 amide bonds. The van der Waals surface area contributed by atoms with Crippen molar-refractivity contribution in [3.05, 3.63) is 59.1 Å². The molecule has 1 aliphatic carbocycles. The maximum Gasteiger partial charge on any atom is 0.139 e. The van der Waals surface area contributed by atoms with E-state index in [2.05, 4.69) is 4.99 Å². The first-order valence-electron chi connectivity index (χ1n) is 7.61. The van der Waals surface area contributed by atoms with Gasteiger partial charge in [-0.05, 0) is 54.3 Å². The fourth-order valence-electron chi connectivity index (χ4n) is 2.90. The topological polar surface area (TPSA) is 38.7 Å². The van der Waals surface area contributed by atoms with E-state index in [-0.39, 0.29) is 11.7 Å². The van der Waals surface area contributed by atoms with Gasteiger partial charge in [-0.25, -0.2) is 0 Å². The summed E-state index contributed by atoms with van der Waals surface area (Å²) in [6, 6.07) is 15.3. The van der Waals surface area contributed by atoms with Gasteiger partial charge in [-0.2, -0.15) is 0 Å². The number of nitrogens with zero attached hydrogens (tertiary/aromatic N) is 1. The minimum atomic E-state index is 0.188. The molecule has 1 fully saturated rings. The molecule has 2 aromatic rings. The predicted molar refractivity (Wildman–Crippen MR) is 93.1 cm³/mol. The molecule has 0 N–H and O–H groups in total. The molecule has 0 aromatic heterocycles. The largest absolute Gasteiger partial charge is 0.497 e. The molecule has 0 radical (unpaired) electrons. The van der Waals surface area contributed by atoms with Gasteiger partial charge in [0.25, 0.3) is 0 Å². The lowest BCUT2D eigenvalue weighted by Gasteiger charge is -2.23. The van der Waals surface area contributed by atoms with Crippen LogP contribution >= 0.6 is 11.6 Å². The molecule has 118 valence electrons. The van der Waals surface area contributed by atoms with Crippen LogP contribution in [0.2, 0.25) is 5.02 Å². The number of carbonyl (C=O) groups excluding carboxylic acids is 1. The number of aliphatic imine (C=N–C) groups is 1. The summed E-state index contributed by atoms with van der Waals surface area (Å²) < 4.78 is 5.19. The number of hydrogen-bond acceptors (Lipinski definition) is 3. The van der Waals surface area contributed by atoms with Crippen molar-refractivity contribution in [1.82, 2.24) is 0 Å². The van der Waals surface area contributed by atoms with E-state index in [0.29, 0.717) is 17.9 Å². The number of benzene rings is 2. The highest BCUT2D eigenvalue weighted by molar-refractivity contribution is 6.30. The molecule has 0 spiro atoms. The van der Waals surface area contributed by atoms with Crippen molar-refractivity contribution in [2.45, 2.75) is 25.2 Å². The Morgan fingerprint density at radius 1 is 1.04 bits per heavy atom. The molecular formula is C19H18ClNO2. The maximum atomic E-state index is 12.1. The van der Waals surface area contributed by atoms with E-state index in [4.69, 9.17) is 16.3 Å². The molecule has 0 aliphatic heterocycles. The van der Waals surface area contributed by atoms with Gasteiger partial charge < -0.3 is 4.74 Å². The molecule has 3 rings (SSSR count). The Morgan fingerprint density at radius 3 is 2.39 bits per heavy atom. The normalized spacial score (nSPS) is 19.8. The highest BCUT2D eigenvalue weighted by Gasteiger charge is 2.25. The molecule has 1 saturated carbocycles. The van der Waals surface area contributed by atoms with E-state index < -0.39 is 0 Å². The standard InChI is InChI=1S/C19H18ClNO2/c1-23-19-8-2-13(3-9-19)14-10-17(12-18(22)11-14)21-16-6-4-15(20)5-7-16/h2-9,14H,10-12H2,1H3. The Labute approximate surface area is 141 Å². The molecule has 23 heavy (non-hydrogen) atoms. The van der Waals surface area contributed by atoms with Crippen molar-refractivity contribution >= 4 is 28.8 Å². The van der Waals surface area contributed by atoms with Gasteiger partial charge in [-0.3, -0.25) is 9.79 Å². The van der Waals surface area contributed by atoms with Crippen LogP contribution in [0.3, 0.4) is 0 Å². The Bertz CT molecular complexity index is 720. The van der Waals surface area contributed by atoms with Gasteiger partial charge in [0.2, 0.25) is 0 Å². The average molecular weight is 328 g/mol. The van der Waals surface area contributed by atoms with Crippen LogP contribution in [0.4, 0.5) is 5.69 Å². The average Bonchev–Trinajstić information content (AvgIpc) is 2.56. The second-order valence-corrected chi connectivity index (χ2v) is 6.18. The Kier molecular flexibility index (Phi) is 4.77. The Balaban J connectivity index is 1.80. The molecule has 1 unspecified atom stereocenters. The summed E-state index contributed by atoms with van der Waals surface area (Å²) in [5.74, 6) is 1.25. The van der Waals surface area contributed by atoms with Gasteiger partial charge in [0.05, 0.1) is 12.8 Å². The number of methoxy groups -OCH3 is 1. The molecule has 0 saturated heterocycles. The molecule has 2 aromatic carbocycles. The van der Waals surface area contributed by atoms with E-state index >= 15 is 0 Å². The van der Waals surface area contributed by atoms with Gasteiger partial charge in [-0.1, -0.05) is 23.7 Å². The molecular weight excluding hydrogens is 310 g/mol. The van der Waals surface area contributed by atoms with Crippen LogP contribution in [0.1, 0.15) is 30.7 Å². The second kappa shape index (κ2) is 6.97. The molecule has 0 heterocycles. The van der Waals surface area contributed by atoms with Crippen LogP contribution in [-0.2, 0) is 4.79 Å². The summed E-state index contributed by atoms with van der Waals surface area (Å²) >= 11 is 5.89. The fraction of sp³-hybridized carbons (Fsp3) is 0.263. The van der Waals surface area contributed by atoms with Crippen LogP contribution < -0.4 is 4.74 Å². The zero-order valence-corrected chi connectivity index (χ0v) is 13.7. The third-order valence-electron chi connectivity index (χ3n) is 4.06. The number of ether oxygens (including phenoxy) is 1. The van der Waals surface area contributed by atoms with Gasteiger partial charge >= 0.3 is 0 Å². The van der Waals surface area contributed by atoms with Crippen molar-refractivity contribution in [2.24, 2.45) is 4.99 Å². The van der Waals surface area contributed by atoms with Crippen molar-refractivity contribution in [3.63, 3.8) is 0 Å². The van der Waals surface area contributed by atoms with E-state index in [1.165, 1.54) is 0 Å². The minimum Gasteiger partial charge on any atom is -0.497 e. The predicted octanol–water partition coefficient (Wildman–Crippen LogP) is 4.96. The van der Waals surface area contributed by atoms with Gasteiger partial charge in [0.1, 0.15) is 11.5 Å². The van der Waals surface area contributed by atoms with Crippen LogP contribution in [-0.4, -0.2) is 18.6 Å². The van der Waals surface area contributed by atoms with Crippen LogP contribution in [0.15, 0.2) is 53.5 Å². The lowest BCUT2D eigenvalue weighted by Crippen LogP contribution is -2.21. The summed E-state index contributed by atoms with van der Waals surface area (Å²) in [4.78, 5) is 16.7. The quantitative estimate of drug-likeness (QED) is 0.799. The maximum absolute atomic E-state index is 12.1. The number of rotatable bonds is 3. The number of hydrogen-bond donors (Lipinski definition) is 0. The van der Waals surface area contributed by atoms with E-state index in [1.54, 1.807) is 7.11 Å².